The Kier molecular flexibility index (Phi) is 7.58. The largest absolute Gasteiger partial charge is 0.497 e. The lowest BCUT2D eigenvalue weighted by atomic mass is 9.90. The first-order valence-electron chi connectivity index (χ1n) is 11.3. The topological polar surface area (TPSA) is 53.6 Å². The van der Waals surface area contributed by atoms with Crippen molar-refractivity contribution in [1.82, 2.24) is 10.2 Å². The number of halogens is 1. The highest BCUT2D eigenvalue weighted by molar-refractivity contribution is 5.89. The van der Waals surface area contributed by atoms with Gasteiger partial charge in [-0.05, 0) is 60.2 Å². The van der Waals surface area contributed by atoms with Gasteiger partial charge in [-0.2, -0.15) is 0 Å². The second-order valence-corrected chi connectivity index (χ2v) is 8.39. The van der Waals surface area contributed by atoms with Crippen LogP contribution in [-0.2, 0) is 19.4 Å². The Hall–Kier alpha value is -3.38. The van der Waals surface area contributed by atoms with Gasteiger partial charge in [-0.25, -0.2) is 9.18 Å². The molecule has 33 heavy (non-hydrogen) atoms. The molecule has 3 aromatic carbocycles. The number of benzene rings is 3. The maximum absolute atomic E-state index is 13.3. The monoisotopic (exact) mass is 447 g/mol. The van der Waals surface area contributed by atoms with E-state index in [1.165, 1.54) is 23.3 Å². The molecule has 5 nitrogen and oxygen atoms in total. The van der Waals surface area contributed by atoms with Crippen molar-refractivity contribution < 1.29 is 13.9 Å². The molecule has 3 aromatic rings. The first-order chi connectivity index (χ1) is 16.1. The third-order valence-electron chi connectivity index (χ3n) is 6.08. The van der Waals surface area contributed by atoms with Gasteiger partial charge < -0.3 is 15.4 Å². The lowest BCUT2D eigenvalue weighted by Crippen LogP contribution is -2.43. The molecule has 2 N–H and O–H groups in total. The first-order valence-corrected chi connectivity index (χ1v) is 11.3. The third kappa shape index (κ3) is 6.33. The standard InChI is InChI=1S/C27H30FN3O2/c1-33-26-9-4-8-24(18-26)30-27(32)29-14-5-15-31-19-22-7-3-2-6-21(22)17-25(31)16-20-10-12-23(28)13-11-20/h2-4,6-13,18,25H,5,14-17,19H2,1H3,(H2,29,30,32). The predicted molar refractivity (Wildman–Crippen MR) is 129 cm³/mol. The quantitative estimate of drug-likeness (QED) is 0.477. The Morgan fingerprint density at radius 2 is 1.85 bits per heavy atom. The van der Waals surface area contributed by atoms with Gasteiger partial charge in [-0.1, -0.05) is 42.5 Å². The fraction of sp³-hybridized carbons (Fsp3) is 0.296. The minimum absolute atomic E-state index is 0.206. The van der Waals surface area contributed by atoms with E-state index in [9.17, 15) is 9.18 Å². The second kappa shape index (κ2) is 11.0. The Labute approximate surface area is 194 Å². The number of fused-ring (bicyclic) bond motifs is 1. The van der Waals surface area contributed by atoms with Gasteiger partial charge in [0.05, 0.1) is 7.11 Å². The summed E-state index contributed by atoms with van der Waals surface area (Å²) in [6, 6.07) is 22.8. The van der Waals surface area contributed by atoms with Crippen LogP contribution < -0.4 is 15.4 Å². The van der Waals surface area contributed by atoms with Crippen LogP contribution in [0.25, 0.3) is 0 Å². The van der Waals surface area contributed by atoms with Crippen LogP contribution >= 0.6 is 0 Å². The molecule has 172 valence electrons. The zero-order valence-electron chi connectivity index (χ0n) is 18.9. The van der Waals surface area contributed by atoms with Crippen LogP contribution in [0.3, 0.4) is 0 Å². The van der Waals surface area contributed by atoms with Gasteiger partial charge in [0.25, 0.3) is 0 Å². The van der Waals surface area contributed by atoms with Crippen molar-refractivity contribution in [3.63, 3.8) is 0 Å². The van der Waals surface area contributed by atoms with Gasteiger partial charge in [-0.15, -0.1) is 0 Å². The maximum atomic E-state index is 13.3. The lowest BCUT2D eigenvalue weighted by molar-refractivity contribution is 0.168. The number of nitrogens with zero attached hydrogens (tertiary/aromatic N) is 1. The number of ether oxygens (including phenoxy) is 1. The van der Waals surface area contributed by atoms with Crippen molar-refractivity contribution in [2.24, 2.45) is 0 Å². The zero-order chi connectivity index (χ0) is 23.0. The Balaban J connectivity index is 1.31. The summed E-state index contributed by atoms with van der Waals surface area (Å²) in [6.45, 7) is 2.34. The number of carbonyl (C=O) groups is 1. The highest BCUT2D eigenvalue weighted by Crippen LogP contribution is 2.25. The van der Waals surface area contributed by atoms with Gasteiger partial charge >= 0.3 is 6.03 Å². The fourth-order valence-corrected chi connectivity index (χ4v) is 4.36. The average Bonchev–Trinajstić information content (AvgIpc) is 2.83. The summed E-state index contributed by atoms with van der Waals surface area (Å²) in [5.41, 5.74) is 4.58. The van der Waals surface area contributed by atoms with Crippen LogP contribution in [-0.4, -0.2) is 37.2 Å². The molecule has 0 aromatic heterocycles. The van der Waals surface area contributed by atoms with Crippen LogP contribution in [0.2, 0.25) is 0 Å². The molecule has 1 atom stereocenters. The molecule has 4 rings (SSSR count). The number of methoxy groups -OCH3 is 1. The fourth-order valence-electron chi connectivity index (χ4n) is 4.36. The number of carbonyl (C=O) groups excluding carboxylic acids is 1. The molecule has 1 heterocycles. The molecule has 0 saturated carbocycles. The first kappa shape index (κ1) is 22.8. The normalized spacial score (nSPS) is 15.5. The molecule has 1 aliphatic heterocycles. The number of hydrogen-bond donors (Lipinski definition) is 2. The van der Waals surface area contributed by atoms with Crippen molar-refractivity contribution >= 4 is 11.7 Å². The van der Waals surface area contributed by atoms with Crippen LogP contribution in [0.5, 0.6) is 5.75 Å². The summed E-state index contributed by atoms with van der Waals surface area (Å²) < 4.78 is 18.5. The Morgan fingerprint density at radius 3 is 2.64 bits per heavy atom. The van der Waals surface area contributed by atoms with E-state index < -0.39 is 0 Å². The Bertz CT molecular complexity index is 1070. The zero-order valence-corrected chi connectivity index (χ0v) is 18.9. The maximum Gasteiger partial charge on any atom is 0.319 e. The van der Waals surface area contributed by atoms with Crippen LogP contribution in [0.4, 0.5) is 14.9 Å². The second-order valence-electron chi connectivity index (χ2n) is 8.39. The van der Waals surface area contributed by atoms with Crippen LogP contribution in [0.1, 0.15) is 23.1 Å². The summed E-state index contributed by atoms with van der Waals surface area (Å²) >= 11 is 0. The third-order valence-corrected chi connectivity index (χ3v) is 6.08. The number of hydrogen-bond acceptors (Lipinski definition) is 3. The molecular formula is C27H30FN3O2. The van der Waals surface area contributed by atoms with Gasteiger partial charge in [0.2, 0.25) is 0 Å². The molecule has 0 fully saturated rings. The smallest absolute Gasteiger partial charge is 0.319 e. The molecule has 0 bridgehead atoms. The molecule has 0 radical (unpaired) electrons. The van der Waals surface area contributed by atoms with E-state index in [0.717, 1.165) is 37.9 Å². The van der Waals surface area contributed by atoms with Crippen molar-refractivity contribution in [2.45, 2.75) is 31.8 Å². The molecule has 6 heteroatoms. The van der Waals surface area contributed by atoms with E-state index in [0.29, 0.717) is 24.0 Å². The summed E-state index contributed by atoms with van der Waals surface area (Å²) in [5.74, 6) is 0.494. The van der Waals surface area contributed by atoms with Gasteiger partial charge in [-0.3, -0.25) is 4.90 Å². The summed E-state index contributed by atoms with van der Waals surface area (Å²) in [5, 5.41) is 5.78. The van der Waals surface area contributed by atoms with Gasteiger partial charge in [0.1, 0.15) is 11.6 Å². The lowest BCUT2D eigenvalue weighted by Gasteiger charge is -2.37. The highest BCUT2D eigenvalue weighted by atomic mass is 19.1. The number of rotatable bonds is 8. The van der Waals surface area contributed by atoms with Crippen molar-refractivity contribution in [2.75, 3.05) is 25.5 Å². The molecule has 2 amide bonds. The number of urea groups is 1. The molecular weight excluding hydrogens is 417 g/mol. The molecule has 1 aliphatic rings. The van der Waals surface area contributed by atoms with E-state index in [4.69, 9.17) is 4.74 Å². The summed E-state index contributed by atoms with van der Waals surface area (Å²) in [4.78, 5) is 14.7. The number of anilines is 1. The SMILES string of the molecule is COc1cccc(NC(=O)NCCCN2Cc3ccccc3CC2Cc2ccc(F)cc2)c1. The molecule has 0 aliphatic carbocycles. The number of nitrogens with one attached hydrogen (secondary N) is 2. The molecule has 0 saturated heterocycles. The van der Waals surface area contributed by atoms with Crippen LogP contribution in [0.15, 0.2) is 72.8 Å². The van der Waals surface area contributed by atoms with E-state index in [1.54, 1.807) is 13.2 Å². The Morgan fingerprint density at radius 1 is 1.06 bits per heavy atom. The van der Waals surface area contributed by atoms with Crippen molar-refractivity contribution in [1.29, 1.82) is 0 Å². The minimum Gasteiger partial charge on any atom is -0.497 e. The molecule has 0 spiro atoms. The highest BCUT2D eigenvalue weighted by Gasteiger charge is 2.25. The average molecular weight is 448 g/mol. The van der Waals surface area contributed by atoms with Crippen molar-refractivity contribution in [3.8, 4) is 5.75 Å². The molecule has 1 unspecified atom stereocenters. The van der Waals surface area contributed by atoms with Crippen molar-refractivity contribution in [3.05, 3.63) is 95.3 Å². The summed E-state index contributed by atoms with van der Waals surface area (Å²) in [7, 11) is 1.60. The van der Waals surface area contributed by atoms with E-state index in [-0.39, 0.29) is 11.8 Å². The minimum atomic E-state index is -0.227. The van der Waals surface area contributed by atoms with E-state index >= 15 is 0 Å². The van der Waals surface area contributed by atoms with Crippen LogP contribution in [0, 0.1) is 5.82 Å². The van der Waals surface area contributed by atoms with Gasteiger partial charge in [0, 0.05) is 37.4 Å². The van der Waals surface area contributed by atoms with E-state index in [1.807, 2.05) is 30.3 Å². The predicted octanol–water partition coefficient (Wildman–Crippen LogP) is 5.02. The van der Waals surface area contributed by atoms with Gasteiger partial charge in [0.15, 0.2) is 0 Å². The number of amides is 2. The summed E-state index contributed by atoms with van der Waals surface area (Å²) in [6.07, 6.45) is 2.68. The van der Waals surface area contributed by atoms with E-state index in [2.05, 4.69) is 39.8 Å².